The number of hydrogen-bond acceptors (Lipinski definition) is 4. The molecule has 0 spiro atoms. The van der Waals surface area contributed by atoms with Crippen LogP contribution in [0.2, 0.25) is 5.02 Å². The lowest BCUT2D eigenvalue weighted by molar-refractivity contribution is -0.123. The van der Waals surface area contributed by atoms with Gasteiger partial charge in [-0.05, 0) is 55.3 Å². The number of hydrogen-bond donors (Lipinski definition) is 2. The molecular weight excluding hydrogens is 314 g/mol. The normalized spacial score (nSPS) is 11.2. The molecule has 0 aliphatic heterocycles. The average Bonchev–Trinajstić information content (AvgIpc) is 2.53. The van der Waals surface area contributed by atoms with Crippen LogP contribution in [0.1, 0.15) is 18.1 Å². The van der Waals surface area contributed by atoms with Gasteiger partial charge in [0.05, 0.1) is 5.71 Å². The number of nitrogens with one attached hydrogen (secondary N) is 1. The minimum Gasteiger partial charge on any atom is -0.484 e. The third-order valence-electron chi connectivity index (χ3n) is 3.15. The van der Waals surface area contributed by atoms with Crippen molar-refractivity contribution in [3.05, 3.63) is 58.6 Å². The Labute approximate surface area is 140 Å². The molecule has 0 heterocycles. The van der Waals surface area contributed by atoms with Crippen molar-refractivity contribution in [2.24, 2.45) is 5.10 Å². The topological polar surface area (TPSA) is 76.7 Å². The lowest BCUT2D eigenvalue weighted by atomic mass is 10.1. The van der Waals surface area contributed by atoms with E-state index in [0.29, 0.717) is 22.2 Å². The second-order valence-corrected chi connectivity index (χ2v) is 5.46. The van der Waals surface area contributed by atoms with Crippen molar-refractivity contribution in [2.75, 3.05) is 12.3 Å². The molecule has 0 saturated heterocycles. The van der Waals surface area contributed by atoms with Crippen molar-refractivity contribution in [2.45, 2.75) is 13.8 Å². The molecule has 0 aromatic heterocycles. The first-order chi connectivity index (χ1) is 11.0. The number of carbonyl (C=O) groups excluding carboxylic acids is 1. The largest absolute Gasteiger partial charge is 0.484 e. The van der Waals surface area contributed by atoms with Gasteiger partial charge in [0.15, 0.2) is 6.61 Å². The molecule has 0 unspecified atom stereocenters. The van der Waals surface area contributed by atoms with Crippen molar-refractivity contribution in [1.82, 2.24) is 5.43 Å². The summed E-state index contributed by atoms with van der Waals surface area (Å²) in [7, 11) is 0. The van der Waals surface area contributed by atoms with Gasteiger partial charge in [-0.15, -0.1) is 0 Å². The van der Waals surface area contributed by atoms with E-state index >= 15 is 0 Å². The molecular formula is C17H18ClN3O2. The number of amides is 1. The van der Waals surface area contributed by atoms with E-state index in [9.17, 15) is 4.79 Å². The number of rotatable bonds is 5. The van der Waals surface area contributed by atoms with Gasteiger partial charge in [-0.1, -0.05) is 23.7 Å². The van der Waals surface area contributed by atoms with Crippen LogP contribution < -0.4 is 15.9 Å². The maximum absolute atomic E-state index is 11.8. The summed E-state index contributed by atoms with van der Waals surface area (Å²) in [5, 5.41) is 4.70. The summed E-state index contributed by atoms with van der Waals surface area (Å²) in [5.74, 6) is 0.236. The van der Waals surface area contributed by atoms with Crippen LogP contribution in [-0.2, 0) is 4.79 Å². The van der Waals surface area contributed by atoms with Crippen LogP contribution in [0.3, 0.4) is 0 Å². The molecule has 0 saturated carbocycles. The Hall–Kier alpha value is -2.53. The number of hydrazone groups is 1. The zero-order chi connectivity index (χ0) is 16.8. The quantitative estimate of drug-likeness (QED) is 0.502. The molecule has 1 amide bonds. The van der Waals surface area contributed by atoms with E-state index in [0.717, 1.165) is 11.1 Å². The van der Waals surface area contributed by atoms with Crippen molar-refractivity contribution in [3.63, 3.8) is 0 Å². The second-order valence-electron chi connectivity index (χ2n) is 5.06. The number of anilines is 1. The summed E-state index contributed by atoms with van der Waals surface area (Å²) in [6.07, 6.45) is 0. The van der Waals surface area contributed by atoms with E-state index < -0.39 is 0 Å². The van der Waals surface area contributed by atoms with Crippen LogP contribution in [0, 0.1) is 6.92 Å². The standard InChI is InChI=1S/C17H18ClN3O2/c1-11-8-15(6-7-16(11)18)23-10-17(22)21-20-12(2)13-4-3-5-14(19)9-13/h3-9H,10,19H2,1-2H3,(H,21,22)/b20-12-. The molecule has 120 valence electrons. The summed E-state index contributed by atoms with van der Waals surface area (Å²) in [5.41, 5.74) is 11.2. The van der Waals surface area contributed by atoms with Gasteiger partial charge < -0.3 is 10.5 Å². The summed E-state index contributed by atoms with van der Waals surface area (Å²) >= 11 is 5.94. The highest BCUT2D eigenvalue weighted by Gasteiger charge is 2.04. The molecule has 5 nitrogen and oxygen atoms in total. The van der Waals surface area contributed by atoms with Gasteiger partial charge in [-0.25, -0.2) is 5.43 Å². The molecule has 2 rings (SSSR count). The van der Waals surface area contributed by atoms with E-state index in [4.69, 9.17) is 22.1 Å². The van der Waals surface area contributed by atoms with Crippen molar-refractivity contribution < 1.29 is 9.53 Å². The zero-order valence-electron chi connectivity index (χ0n) is 13.0. The minimum atomic E-state index is -0.346. The Kier molecular flexibility index (Phi) is 5.60. The van der Waals surface area contributed by atoms with Crippen LogP contribution in [0.25, 0.3) is 0 Å². The first kappa shape index (κ1) is 16.8. The molecule has 0 radical (unpaired) electrons. The average molecular weight is 332 g/mol. The lowest BCUT2D eigenvalue weighted by Crippen LogP contribution is -2.25. The Balaban J connectivity index is 1.89. The van der Waals surface area contributed by atoms with Crippen LogP contribution in [0.15, 0.2) is 47.6 Å². The van der Waals surface area contributed by atoms with Crippen molar-refractivity contribution in [1.29, 1.82) is 0 Å². The van der Waals surface area contributed by atoms with Gasteiger partial charge >= 0.3 is 0 Å². The molecule has 0 fully saturated rings. The predicted octanol–water partition coefficient (Wildman–Crippen LogP) is 3.15. The first-order valence-corrected chi connectivity index (χ1v) is 7.41. The molecule has 3 N–H and O–H groups in total. The predicted molar refractivity (Wildman–Crippen MR) is 92.9 cm³/mol. The Bertz CT molecular complexity index is 744. The Morgan fingerprint density at radius 3 is 2.78 bits per heavy atom. The van der Waals surface area contributed by atoms with Crippen LogP contribution in [0.5, 0.6) is 5.75 Å². The van der Waals surface area contributed by atoms with Crippen LogP contribution >= 0.6 is 11.6 Å². The summed E-state index contributed by atoms with van der Waals surface area (Å²) in [6.45, 7) is 3.53. The number of ether oxygens (including phenoxy) is 1. The SMILES string of the molecule is C/C(=N/NC(=O)COc1ccc(Cl)c(C)c1)c1cccc(N)c1. The van der Waals surface area contributed by atoms with Gasteiger partial charge in [-0.2, -0.15) is 5.10 Å². The van der Waals surface area contributed by atoms with Gasteiger partial charge in [-0.3, -0.25) is 4.79 Å². The van der Waals surface area contributed by atoms with Gasteiger partial charge in [0.25, 0.3) is 5.91 Å². The molecule has 6 heteroatoms. The van der Waals surface area contributed by atoms with Crippen molar-refractivity contribution in [3.8, 4) is 5.75 Å². The molecule has 0 aliphatic carbocycles. The summed E-state index contributed by atoms with van der Waals surface area (Å²) in [6, 6.07) is 12.5. The fourth-order valence-corrected chi connectivity index (χ4v) is 1.98. The number of nitrogens with two attached hydrogens (primary N) is 1. The lowest BCUT2D eigenvalue weighted by Gasteiger charge is -2.07. The third-order valence-corrected chi connectivity index (χ3v) is 3.58. The second kappa shape index (κ2) is 7.65. The van der Waals surface area contributed by atoms with Crippen molar-refractivity contribution >= 4 is 28.9 Å². The fourth-order valence-electron chi connectivity index (χ4n) is 1.86. The fraction of sp³-hybridized carbons (Fsp3) is 0.176. The van der Waals surface area contributed by atoms with Gasteiger partial charge in [0, 0.05) is 10.7 Å². The number of benzene rings is 2. The number of halogens is 1. The monoisotopic (exact) mass is 331 g/mol. The number of aryl methyl sites for hydroxylation is 1. The van der Waals surface area contributed by atoms with E-state index in [2.05, 4.69) is 10.5 Å². The molecule has 0 atom stereocenters. The summed E-state index contributed by atoms with van der Waals surface area (Å²) in [4.78, 5) is 11.8. The van der Waals surface area contributed by atoms with E-state index in [1.54, 1.807) is 37.3 Å². The van der Waals surface area contributed by atoms with Gasteiger partial charge in [0.1, 0.15) is 5.75 Å². The molecule has 23 heavy (non-hydrogen) atoms. The van der Waals surface area contributed by atoms with E-state index in [1.165, 1.54) is 0 Å². The number of nitrogen functional groups attached to an aromatic ring is 1. The Morgan fingerprint density at radius 2 is 2.09 bits per heavy atom. The minimum absolute atomic E-state index is 0.130. The maximum Gasteiger partial charge on any atom is 0.277 e. The van der Waals surface area contributed by atoms with Gasteiger partial charge in [0.2, 0.25) is 0 Å². The highest BCUT2D eigenvalue weighted by molar-refractivity contribution is 6.31. The van der Waals surface area contributed by atoms with E-state index in [-0.39, 0.29) is 12.5 Å². The Morgan fingerprint density at radius 1 is 1.30 bits per heavy atom. The third kappa shape index (κ3) is 5.00. The van der Waals surface area contributed by atoms with E-state index in [1.807, 2.05) is 19.1 Å². The molecule has 0 aliphatic rings. The number of nitrogens with zero attached hydrogens (tertiary/aromatic N) is 1. The maximum atomic E-state index is 11.8. The first-order valence-electron chi connectivity index (χ1n) is 7.03. The summed E-state index contributed by atoms with van der Waals surface area (Å²) < 4.78 is 5.40. The molecule has 0 bridgehead atoms. The zero-order valence-corrected chi connectivity index (χ0v) is 13.7. The molecule has 2 aromatic rings. The highest BCUT2D eigenvalue weighted by Crippen LogP contribution is 2.20. The smallest absolute Gasteiger partial charge is 0.277 e. The molecule has 2 aromatic carbocycles. The van der Waals surface area contributed by atoms with Crippen LogP contribution in [0.4, 0.5) is 5.69 Å². The highest BCUT2D eigenvalue weighted by atomic mass is 35.5. The van der Waals surface area contributed by atoms with Crippen LogP contribution in [-0.4, -0.2) is 18.2 Å². The number of carbonyl (C=O) groups is 1.